The van der Waals surface area contributed by atoms with Crippen molar-refractivity contribution in [2.24, 2.45) is 5.92 Å². The maximum Gasteiger partial charge on any atom is 0.227 e. The van der Waals surface area contributed by atoms with Crippen LogP contribution < -0.4 is 19.5 Å². The number of amides is 1. The summed E-state index contributed by atoms with van der Waals surface area (Å²) in [7, 11) is 3.00. The molecule has 19 heavy (non-hydrogen) atoms. The fourth-order valence-electron chi connectivity index (χ4n) is 2.11. The van der Waals surface area contributed by atoms with Crippen molar-refractivity contribution in [3.05, 3.63) is 18.2 Å². The molecule has 1 aromatic rings. The average Bonchev–Trinajstić information content (AvgIpc) is 2.80. The van der Waals surface area contributed by atoms with E-state index in [2.05, 4.69) is 0 Å². The molecular formula is C13H14NO5-. The molecule has 1 aliphatic heterocycles. The molecule has 102 valence electrons. The van der Waals surface area contributed by atoms with Crippen molar-refractivity contribution in [1.82, 2.24) is 0 Å². The first-order valence-corrected chi connectivity index (χ1v) is 5.80. The van der Waals surface area contributed by atoms with Crippen LogP contribution in [0.5, 0.6) is 11.5 Å². The average molecular weight is 264 g/mol. The van der Waals surface area contributed by atoms with E-state index in [0.717, 1.165) is 0 Å². The van der Waals surface area contributed by atoms with E-state index in [1.165, 1.54) is 19.1 Å². The number of aliphatic carboxylic acids is 1. The Kier molecular flexibility index (Phi) is 3.59. The number of methoxy groups -OCH3 is 2. The predicted octanol–water partition coefficient (Wildman–Crippen LogP) is -0.193. The smallest absolute Gasteiger partial charge is 0.227 e. The van der Waals surface area contributed by atoms with Gasteiger partial charge in [-0.2, -0.15) is 0 Å². The molecule has 1 saturated heterocycles. The zero-order valence-corrected chi connectivity index (χ0v) is 10.7. The number of hydrogen-bond donors (Lipinski definition) is 0. The van der Waals surface area contributed by atoms with Gasteiger partial charge in [-0.25, -0.2) is 0 Å². The lowest BCUT2D eigenvalue weighted by Gasteiger charge is -2.20. The van der Waals surface area contributed by atoms with Crippen molar-refractivity contribution in [3.8, 4) is 11.5 Å². The third-order valence-electron chi connectivity index (χ3n) is 3.14. The summed E-state index contributed by atoms with van der Waals surface area (Å²) in [5.41, 5.74) is 0.510. The van der Waals surface area contributed by atoms with E-state index in [1.807, 2.05) is 0 Å². The Balaban J connectivity index is 2.35. The summed E-state index contributed by atoms with van der Waals surface area (Å²) < 4.78 is 10.3. The lowest BCUT2D eigenvalue weighted by molar-refractivity contribution is -0.310. The number of carbonyl (C=O) groups is 2. The highest BCUT2D eigenvalue weighted by molar-refractivity contribution is 6.00. The Morgan fingerprint density at radius 2 is 2.11 bits per heavy atom. The second-order valence-corrected chi connectivity index (χ2v) is 4.26. The van der Waals surface area contributed by atoms with Gasteiger partial charge < -0.3 is 24.3 Å². The predicted molar refractivity (Wildman–Crippen MR) is 65.0 cm³/mol. The maximum atomic E-state index is 11.9. The Labute approximate surface area is 110 Å². The van der Waals surface area contributed by atoms with Crippen LogP contribution in [0.1, 0.15) is 6.42 Å². The molecule has 2 rings (SSSR count). The van der Waals surface area contributed by atoms with Gasteiger partial charge in [0.05, 0.1) is 19.9 Å². The first kappa shape index (κ1) is 13.2. The lowest BCUT2D eigenvalue weighted by atomic mass is 10.1. The summed E-state index contributed by atoms with van der Waals surface area (Å²) in [5.74, 6) is -1.20. The van der Waals surface area contributed by atoms with E-state index in [-0.39, 0.29) is 18.9 Å². The van der Waals surface area contributed by atoms with Crippen LogP contribution in [0, 0.1) is 5.92 Å². The van der Waals surface area contributed by atoms with Crippen molar-refractivity contribution < 1.29 is 24.2 Å². The number of carbonyl (C=O) groups excluding carboxylic acids is 2. The molecule has 1 aromatic carbocycles. The monoisotopic (exact) mass is 264 g/mol. The second kappa shape index (κ2) is 5.17. The zero-order valence-electron chi connectivity index (χ0n) is 10.7. The van der Waals surface area contributed by atoms with Gasteiger partial charge in [-0.1, -0.05) is 0 Å². The molecule has 1 atom stereocenters. The molecule has 6 nitrogen and oxygen atoms in total. The molecule has 0 aromatic heterocycles. The fraction of sp³-hybridized carbons (Fsp3) is 0.385. The van der Waals surface area contributed by atoms with Gasteiger partial charge in [-0.3, -0.25) is 4.79 Å². The second-order valence-electron chi connectivity index (χ2n) is 4.26. The van der Waals surface area contributed by atoms with Crippen LogP contribution in [0.15, 0.2) is 18.2 Å². The molecule has 0 aliphatic carbocycles. The number of anilines is 1. The van der Waals surface area contributed by atoms with Crippen molar-refractivity contribution in [2.45, 2.75) is 6.42 Å². The maximum absolute atomic E-state index is 11.9. The molecule has 0 saturated carbocycles. The van der Waals surface area contributed by atoms with Crippen LogP contribution in [0.25, 0.3) is 0 Å². The molecule has 1 fully saturated rings. The van der Waals surface area contributed by atoms with Crippen LogP contribution in [0.3, 0.4) is 0 Å². The highest BCUT2D eigenvalue weighted by Crippen LogP contribution is 2.35. The van der Waals surface area contributed by atoms with Crippen LogP contribution in [-0.2, 0) is 9.59 Å². The Hall–Kier alpha value is -2.24. The van der Waals surface area contributed by atoms with Gasteiger partial charge in [-0.05, 0) is 12.1 Å². The normalized spacial score (nSPS) is 18.5. The Bertz CT molecular complexity index is 514. The van der Waals surface area contributed by atoms with Gasteiger partial charge in [0.2, 0.25) is 5.91 Å². The largest absolute Gasteiger partial charge is 0.550 e. The standard InChI is InChI=1S/C13H15NO5/c1-18-9-3-4-11(19-2)10(6-9)14-7-8(13(16)17)5-12(14)15/h3-4,6,8H,5,7H2,1-2H3,(H,16,17)/p-1. The third kappa shape index (κ3) is 2.47. The minimum Gasteiger partial charge on any atom is -0.550 e. The van der Waals surface area contributed by atoms with Gasteiger partial charge in [0.25, 0.3) is 0 Å². The number of hydrogen-bond acceptors (Lipinski definition) is 5. The quantitative estimate of drug-likeness (QED) is 0.753. The Morgan fingerprint density at radius 3 is 2.63 bits per heavy atom. The first-order valence-electron chi connectivity index (χ1n) is 5.80. The highest BCUT2D eigenvalue weighted by atomic mass is 16.5. The van der Waals surface area contributed by atoms with E-state index in [0.29, 0.717) is 17.2 Å². The summed E-state index contributed by atoms with van der Waals surface area (Å²) in [6.07, 6.45) is -0.0529. The Morgan fingerprint density at radius 1 is 1.37 bits per heavy atom. The van der Waals surface area contributed by atoms with E-state index in [1.54, 1.807) is 18.2 Å². The van der Waals surface area contributed by atoms with E-state index >= 15 is 0 Å². The number of benzene rings is 1. The minimum absolute atomic E-state index is 0.0529. The molecule has 1 amide bonds. The summed E-state index contributed by atoms with van der Waals surface area (Å²) in [6, 6.07) is 5.03. The van der Waals surface area contributed by atoms with Gasteiger partial charge >= 0.3 is 0 Å². The minimum atomic E-state index is -1.21. The van der Waals surface area contributed by atoms with Crippen molar-refractivity contribution in [2.75, 3.05) is 25.7 Å². The summed E-state index contributed by atoms with van der Waals surface area (Å²) >= 11 is 0. The van der Waals surface area contributed by atoms with Gasteiger partial charge in [0, 0.05) is 30.9 Å². The molecular weight excluding hydrogens is 250 g/mol. The molecule has 0 radical (unpaired) electrons. The molecule has 1 heterocycles. The molecule has 0 N–H and O–H groups in total. The van der Waals surface area contributed by atoms with Gasteiger partial charge in [0.1, 0.15) is 11.5 Å². The molecule has 0 spiro atoms. The molecule has 0 bridgehead atoms. The molecule has 1 aliphatic rings. The number of rotatable bonds is 4. The van der Waals surface area contributed by atoms with E-state index < -0.39 is 11.9 Å². The highest BCUT2D eigenvalue weighted by Gasteiger charge is 2.33. The van der Waals surface area contributed by atoms with Crippen molar-refractivity contribution in [1.29, 1.82) is 0 Å². The molecule has 1 unspecified atom stereocenters. The lowest BCUT2D eigenvalue weighted by Crippen LogP contribution is -2.33. The SMILES string of the molecule is COc1ccc(OC)c(N2CC(C(=O)[O-])CC2=O)c1. The summed E-state index contributed by atoms with van der Waals surface area (Å²) in [5, 5.41) is 10.9. The van der Waals surface area contributed by atoms with Crippen molar-refractivity contribution >= 4 is 17.6 Å². The number of ether oxygens (including phenoxy) is 2. The summed E-state index contributed by atoms with van der Waals surface area (Å²) in [4.78, 5) is 24.1. The zero-order chi connectivity index (χ0) is 14.0. The van der Waals surface area contributed by atoms with Gasteiger partial charge in [0.15, 0.2) is 0 Å². The van der Waals surface area contributed by atoms with Crippen molar-refractivity contribution in [3.63, 3.8) is 0 Å². The molecule has 6 heteroatoms. The third-order valence-corrected chi connectivity index (χ3v) is 3.14. The number of carboxylic acids is 1. The number of nitrogens with zero attached hydrogens (tertiary/aromatic N) is 1. The first-order chi connectivity index (χ1) is 9.06. The van der Waals surface area contributed by atoms with E-state index in [9.17, 15) is 14.7 Å². The van der Waals surface area contributed by atoms with Crippen LogP contribution in [0.2, 0.25) is 0 Å². The van der Waals surface area contributed by atoms with Gasteiger partial charge in [-0.15, -0.1) is 0 Å². The van der Waals surface area contributed by atoms with Crippen LogP contribution in [-0.4, -0.2) is 32.6 Å². The fourth-order valence-corrected chi connectivity index (χ4v) is 2.11. The van der Waals surface area contributed by atoms with Crippen LogP contribution >= 0.6 is 0 Å². The number of carboxylic acid groups (broad SMARTS) is 1. The van der Waals surface area contributed by atoms with Crippen LogP contribution in [0.4, 0.5) is 5.69 Å². The topological polar surface area (TPSA) is 78.9 Å². The van der Waals surface area contributed by atoms with E-state index in [4.69, 9.17) is 9.47 Å². The summed E-state index contributed by atoms with van der Waals surface area (Å²) in [6.45, 7) is 0.0880.